The zero-order valence-corrected chi connectivity index (χ0v) is 12.2. The van der Waals surface area contributed by atoms with Gasteiger partial charge < -0.3 is 5.32 Å². The van der Waals surface area contributed by atoms with Crippen molar-refractivity contribution in [2.45, 2.75) is 46.1 Å². The summed E-state index contributed by atoms with van der Waals surface area (Å²) in [4.78, 5) is 4.72. The van der Waals surface area contributed by atoms with E-state index in [1.165, 1.54) is 18.5 Å². The van der Waals surface area contributed by atoms with Crippen molar-refractivity contribution in [2.75, 3.05) is 6.54 Å². The predicted octanol–water partition coefficient (Wildman–Crippen LogP) is 3.32. The Morgan fingerprint density at radius 3 is 3.05 bits per heavy atom. The first-order chi connectivity index (χ1) is 9.08. The second-order valence-corrected chi connectivity index (χ2v) is 7.42. The molecular weight excluding hydrogens is 232 g/mol. The summed E-state index contributed by atoms with van der Waals surface area (Å²) in [5.41, 5.74) is 5.11. The molecule has 2 nitrogen and oxygen atoms in total. The van der Waals surface area contributed by atoms with Crippen molar-refractivity contribution in [3.05, 3.63) is 22.9 Å². The summed E-state index contributed by atoms with van der Waals surface area (Å²) >= 11 is 0. The van der Waals surface area contributed by atoms with Gasteiger partial charge in [0.1, 0.15) is 0 Å². The van der Waals surface area contributed by atoms with E-state index in [0.717, 1.165) is 24.8 Å². The topological polar surface area (TPSA) is 24.4 Å². The van der Waals surface area contributed by atoms with E-state index in [-0.39, 0.29) is 0 Å². The first-order valence-corrected chi connectivity index (χ1v) is 7.76. The summed E-state index contributed by atoms with van der Waals surface area (Å²) in [6.45, 7) is 8.34. The van der Waals surface area contributed by atoms with Gasteiger partial charge in [-0.1, -0.05) is 26.3 Å². The third-order valence-electron chi connectivity index (χ3n) is 6.33. The molecule has 0 spiro atoms. The predicted molar refractivity (Wildman–Crippen MR) is 79.2 cm³/mol. The Labute approximate surface area is 116 Å². The lowest BCUT2D eigenvalue weighted by atomic mass is 9.62. The Hall–Kier alpha value is -1.05. The Balaban J connectivity index is 1.91. The molecule has 0 radical (unpaired) electrons. The molecule has 0 amide bonds. The van der Waals surface area contributed by atoms with Crippen molar-refractivity contribution in [1.82, 2.24) is 5.32 Å². The van der Waals surface area contributed by atoms with E-state index in [1.807, 2.05) is 0 Å². The molecule has 102 valence electrons. The molecule has 0 aromatic carbocycles. The van der Waals surface area contributed by atoms with Crippen LogP contribution in [-0.2, 0) is 0 Å². The SMILES string of the molecule is CC1C2CC3=C4C=C2NC1C(C)C(C)(CN=CC4)C3. The summed E-state index contributed by atoms with van der Waals surface area (Å²) in [5, 5.41) is 3.87. The quantitative estimate of drug-likeness (QED) is 0.706. The van der Waals surface area contributed by atoms with Crippen LogP contribution in [0, 0.1) is 23.2 Å². The maximum atomic E-state index is 4.72. The van der Waals surface area contributed by atoms with Crippen molar-refractivity contribution in [2.24, 2.45) is 28.2 Å². The summed E-state index contributed by atoms with van der Waals surface area (Å²) < 4.78 is 0. The number of hydrogen-bond donors (Lipinski definition) is 1. The van der Waals surface area contributed by atoms with Crippen LogP contribution in [0.2, 0.25) is 0 Å². The van der Waals surface area contributed by atoms with Gasteiger partial charge in [0.25, 0.3) is 0 Å². The molecule has 1 saturated heterocycles. The van der Waals surface area contributed by atoms with Crippen LogP contribution in [0.1, 0.15) is 40.0 Å². The van der Waals surface area contributed by atoms with Gasteiger partial charge >= 0.3 is 0 Å². The second kappa shape index (κ2) is 3.74. The van der Waals surface area contributed by atoms with Gasteiger partial charge in [-0.2, -0.15) is 0 Å². The highest BCUT2D eigenvalue weighted by atomic mass is 15.0. The van der Waals surface area contributed by atoms with Crippen LogP contribution in [0.4, 0.5) is 0 Å². The van der Waals surface area contributed by atoms with Crippen molar-refractivity contribution in [3.63, 3.8) is 0 Å². The molecule has 2 heterocycles. The molecule has 4 bridgehead atoms. The molecule has 0 aromatic heterocycles. The highest BCUT2D eigenvalue weighted by Crippen LogP contribution is 2.52. The molecule has 4 rings (SSSR count). The van der Waals surface area contributed by atoms with E-state index < -0.39 is 0 Å². The van der Waals surface area contributed by atoms with Gasteiger partial charge in [-0.25, -0.2) is 0 Å². The highest BCUT2D eigenvalue weighted by Gasteiger charge is 2.49. The number of allylic oxidation sites excluding steroid dienone is 4. The maximum Gasteiger partial charge on any atom is 0.0445 e. The zero-order valence-electron chi connectivity index (χ0n) is 12.2. The lowest BCUT2D eigenvalue weighted by Gasteiger charge is -2.43. The minimum atomic E-state index is 0.321. The first kappa shape index (κ1) is 11.7. The monoisotopic (exact) mass is 256 g/mol. The van der Waals surface area contributed by atoms with Crippen LogP contribution in [0.15, 0.2) is 27.9 Å². The van der Waals surface area contributed by atoms with E-state index in [4.69, 9.17) is 4.99 Å². The summed E-state index contributed by atoms with van der Waals surface area (Å²) in [6, 6.07) is 0.635. The molecule has 2 fully saturated rings. The van der Waals surface area contributed by atoms with Gasteiger partial charge in [-0.15, -0.1) is 0 Å². The number of nitrogens with zero attached hydrogens (tertiary/aromatic N) is 1. The second-order valence-electron chi connectivity index (χ2n) is 7.42. The molecule has 2 heteroatoms. The fourth-order valence-corrected chi connectivity index (χ4v) is 4.78. The van der Waals surface area contributed by atoms with Crippen LogP contribution in [0.5, 0.6) is 0 Å². The molecule has 5 unspecified atom stereocenters. The average molecular weight is 256 g/mol. The molecule has 5 atom stereocenters. The molecule has 19 heavy (non-hydrogen) atoms. The lowest BCUT2D eigenvalue weighted by molar-refractivity contribution is 0.132. The van der Waals surface area contributed by atoms with Crippen molar-refractivity contribution in [3.8, 4) is 0 Å². The normalized spacial score (nSPS) is 47.4. The third-order valence-corrected chi connectivity index (χ3v) is 6.33. The first-order valence-electron chi connectivity index (χ1n) is 7.76. The van der Waals surface area contributed by atoms with Crippen molar-refractivity contribution < 1.29 is 0 Å². The number of aliphatic imine (C=N–C) groups is 1. The fourth-order valence-electron chi connectivity index (χ4n) is 4.78. The smallest absolute Gasteiger partial charge is 0.0445 e. The summed E-state index contributed by atoms with van der Waals surface area (Å²) in [6.07, 6.45) is 8.19. The van der Waals surface area contributed by atoms with Crippen molar-refractivity contribution in [1.29, 1.82) is 0 Å². The summed E-state index contributed by atoms with van der Waals surface area (Å²) in [7, 11) is 0. The Morgan fingerprint density at radius 2 is 2.21 bits per heavy atom. The molecule has 0 aromatic rings. The minimum absolute atomic E-state index is 0.321. The van der Waals surface area contributed by atoms with Gasteiger partial charge in [0.2, 0.25) is 0 Å². The third kappa shape index (κ3) is 1.52. The highest BCUT2D eigenvalue weighted by molar-refractivity contribution is 5.64. The number of nitrogens with one attached hydrogen (secondary N) is 1. The van der Waals surface area contributed by atoms with E-state index >= 15 is 0 Å². The molecule has 1 saturated carbocycles. The van der Waals surface area contributed by atoms with E-state index in [9.17, 15) is 0 Å². The van der Waals surface area contributed by atoms with Crippen LogP contribution in [0.3, 0.4) is 0 Å². The maximum absolute atomic E-state index is 4.72. The minimum Gasteiger partial charge on any atom is -0.385 e. The standard InChI is InChI=1S/C17H24N2/c1-10-14-6-13-8-17(3)9-18-5-4-12(13)7-15(14)19-16(10)11(17)2/h5,7,10-11,14,16,19H,4,6,8-9H2,1-3H3. The average Bonchev–Trinajstić information content (AvgIpc) is 2.70. The van der Waals surface area contributed by atoms with Crippen molar-refractivity contribution >= 4 is 6.21 Å². The van der Waals surface area contributed by atoms with E-state index in [1.54, 1.807) is 11.1 Å². The lowest BCUT2D eigenvalue weighted by Crippen LogP contribution is -2.44. The van der Waals surface area contributed by atoms with E-state index in [2.05, 4.69) is 38.4 Å². The van der Waals surface area contributed by atoms with Gasteiger partial charge in [0, 0.05) is 36.8 Å². The van der Waals surface area contributed by atoms with Crippen LogP contribution in [0.25, 0.3) is 0 Å². The molecule has 2 aliphatic heterocycles. The molecular formula is C17H24N2. The van der Waals surface area contributed by atoms with Gasteiger partial charge in [0.05, 0.1) is 0 Å². The zero-order chi connectivity index (χ0) is 13.2. The largest absolute Gasteiger partial charge is 0.385 e. The Kier molecular flexibility index (Phi) is 2.31. The molecule has 2 aliphatic carbocycles. The Morgan fingerprint density at radius 1 is 1.37 bits per heavy atom. The number of hydrogen-bond acceptors (Lipinski definition) is 2. The molecule has 1 N–H and O–H groups in total. The van der Waals surface area contributed by atoms with Gasteiger partial charge in [0.15, 0.2) is 0 Å². The number of fused-ring (bicyclic) bond motifs is 2. The molecule has 4 aliphatic rings. The Bertz CT molecular complexity index is 513. The number of rotatable bonds is 0. The fraction of sp³-hybridized carbons (Fsp3) is 0.706. The van der Waals surface area contributed by atoms with Gasteiger partial charge in [-0.05, 0) is 41.7 Å². The van der Waals surface area contributed by atoms with Gasteiger partial charge in [-0.3, -0.25) is 4.99 Å². The van der Waals surface area contributed by atoms with Crippen LogP contribution >= 0.6 is 0 Å². The summed E-state index contributed by atoms with van der Waals surface area (Å²) in [5.74, 6) is 2.20. The van der Waals surface area contributed by atoms with Crippen LogP contribution in [-0.4, -0.2) is 18.8 Å². The van der Waals surface area contributed by atoms with E-state index in [0.29, 0.717) is 17.4 Å². The van der Waals surface area contributed by atoms with Crippen LogP contribution < -0.4 is 5.32 Å².